The highest BCUT2D eigenvalue weighted by Gasteiger charge is 2.19. The molecule has 1 aliphatic carbocycles. The van der Waals surface area contributed by atoms with Gasteiger partial charge in [0.2, 0.25) is 5.91 Å². The Bertz CT molecular complexity index is 790. The SMILES string of the molecule is CCCNC(=O)NCCCOCC(=O)NCc1ccc(C(=O)C2=C(NC)CCCC2)cc1. The van der Waals surface area contributed by atoms with Gasteiger partial charge in [-0.15, -0.1) is 0 Å². The van der Waals surface area contributed by atoms with Crippen molar-refractivity contribution < 1.29 is 19.1 Å². The van der Waals surface area contributed by atoms with Crippen LogP contribution in [0.2, 0.25) is 0 Å². The van der Waals surface area contributed by atoms with Crippen molar-refractivity contribution in [3.8, 4) is 0 Å². The normalized spacial score (nSPS) is 13.4. The number of carbonyl (C=O) groups excluding carboxylic acids is 3. The maximum Gasteiger partial charge on any atom is 0.314 e. The van der Waals surface area contributed by atoms with Crippen LogP contribution in [-0.4, -0.2) is 51.1 Å². The molecule has 1 aliphatic rings. The minimum Gasteiger partial charge on any atom is -0.391 e. The molecule has 0 fully saturated rings. The molecule has 0 aromatic heterocycles. The van der Waals surface area contributed by atoms with Crippen molar-refractivity contribution in [3.05, 3.63) is 46.7 Å². The molecular weight excluding hydrogens is 408 g/mol. The first-order valence-electron chi connectivity index (χ1n) is 11.4. The first kappa shape index (κ1) is 25.4. The Balaban J connectivity index is 1.65. The molecule has 8 heteroatoms. The summed E-state index contributed by atoms with van der Waals surface area (Å²) in [5, 5.41) is 11.4. The minimum absolute atomic E-state index is 0.0282. The molecule has 1 aromatic carbocycles. The predicted octanol–water partition coefficient (Wildman–Crippen LogP) is 2.65. The molecule has 8 nitrogen and oxygen atoms in total. The molecule has 2 rings (SSSR count). The quantitative estimate of drug-likeness (QED) is 0.276. The van der Waals surface area contributed by atoms with Crippen molar-refractivity contribution in [3.63, 3.8) is 0 Å². The lowest BCUT2D eigenvalue weighted by atomic mass is 9.90. The highest BCUT2D eigenvalue weighted by atomic mass is 16.5. The topological polar surface area (TPSA) is 109 Å². The fourth-order valence-corrected chi connectivity index (χ4v) is 3.47. The Morgan fingerprint density at radius 2 is 1.69 bits per heavy atom. The van der Waals surface area contributed by atoms with Gasteiger partial charge in [-0.2, -0.15) is 0 Å². The lowest BCUT2D eigenvalue weighted by molar-refractivity contribution is -0.125. The third-order valence-corrected chi connectivity index (χ3v) is 5.27. The fourth-order valence-electron chi connectivity index (χ4n) is 3.47. The monoisotopic (exact) mass is 444 g/mol. The van der Waals surface area contributed by atoms with Crippen molar-refractivity contribution >= 4 is 17.7 Å². The van der Waals surface area contributed by atoms with Gasteiger partial charge in [0.05, 0.1) is 0 Å². The van der Waals surface area contributed by atoms with Crippen LogP contribution in [0.4, 0.5) is 4.79 Å². The standard InChI is InChI=1S/C24H36N4O4/c1-3-13-26-24(31)27-14-6-15-32-17-22(29)28-16-18-9-11-19(12-10-18)23(30)20-7-4-5-8-21(20)25-2/h9-12,25H,3-8,13-17H2,1-2H3,(H,28,29)(H2,26,27,31). The van der Waals surface area contributed by atoms with E-state index in [4.69, 9.17) is 4.74 Å². The summed E-state index contributed by atoms with van der Waals surface area (Å²) in [6.45, 7) is 3.87. The van der Waals surface area contributed by atoms with Crippen molar-refractivity contribution in [1.29, 1.82) is 0 Å². The van der Waals surface area contributed by atoms with Crippen LogP contribution in [0.1, 0.15) is 61.4 Å². The number of benzene rings is 1. The largest absolute Gasteiger partial charge is 0.391 e. The van der Waals surface area contributed by atoms with Crippen LogP contribution in [0.15, 0.2) is 35.5 Å². The summed E-state index contributed by atoms with van der Waals surface area (Å²) in [6, 6.07) is 7.19. The Labute approximate surface area is 190 Å². The van der Waals surface area contributed by atoms with Crippen molar-refractivity contribution in [2.45, 2.75) is 52.0 Å². The van der Waals surface area contributed by atoms with E-state index in [-0.39, 0.29) is 24.3 Å². The summed E-state index contributed by atoms with van der Waals surface area (Å²) in [6.07, 6.45) is 5.42. The molecule has 176 valence electrons. The third kappa shape index (κ3) is 8.70. The summed E-state index contributed by atoms with van der Waals surface area (Å²) in [5.41, 5.74) is 3.52. The maximum absolute atomic E-state index is 12.8. The molecule has 0 radical (unpaired) electrons. The number of hydrogen-bond donors (Lipinski definition) is 4. The van der Waals surface area contributed by atoms with E-state index >= 15 is 0 Å². The molecule has 0 saturated carbocycles. The van der Waals surface area contributed by atoms with Crippen LogP contribution < -0.4 is 21.3 Å². The summed E-state index contributed by atoms with van der Waals surface area (Å²) in [4.78, 5) is 36.1. The molecular formula is C24H36N4O4. The maximum atomic E-state index is 12.8. The van der Waals surface area contributed by atoms with Gasteiger partial charge in [-0.25, -0.2) is 4.79 Å². The second-order valence-corrected chi connectivity index (χ2v) is 7.81. The van der Waals surface area contributed by atoms with Crippen LogP contribution >= 0.6 is 0 Å². The van der Waals surface area contributed by atoms with Gasteiger partial charge < -0.3 is 26.0 Å². The van der Waals surface area contributed by atoms with Crippen LogP contribution in [-0.2, 0) is 16.1 Å². The minimum atomic E-state index is -0.204. The number of rotatable bonds is 13. The molecule has 0 unspecified atom stereocenters. The van der Waals surface area contributed by atoms with Gasteiger partial charge in [0.15, 0.2) is 5.78 Å². The number of ketones is 1. The van der Waals surface area contributed by atoms with Crippen LogP contribution in [0, 0.1) is 0 Å². The van der Waals surface area contributed by atoms with E-state index in [1.165, 1.54) is 0 Å². The molecule has 4 N–H and O–H groups in total. The number of carbonyl (C=O) groups is 3. The van der Waals surface area contributed by atoms with E-state index in [1.807, 2.05) is 38.2 Å². The lowest BCUT2D eigenvalue weighted by Crippen LogP contribution is -2.36. The first-order chi connectivity index (χ1) is 15.5. The van der Waals surface area contributed by atoms with Gasteiger partial charge in [-0.1, -0.05) is 31.2 Å². The van der Waals surface area contributed by atoms with E-state index in [9.17, 15) is 14.4 Å². The molecule has 0 atom stereocenters. The van der Waals surface area contributed by atoms with E-state index in [0.29, 0.717) is 38.2 Å². The fraction of sp³-hybridized carbons (Fsp3) is 0.542. The van der Waals surface area contributed by atoms with Crippen LogP contribution in [0.25, 0.3) is 0 Å². The summed E-state index contributed by atoms with van der Waals surface area (Å²) in [7, 11) is 1.87. The lowest BCUT2D eigenvalue weighted by Gasteiger charge is -2.19. The van der Waals surface area contributed by atoms with Gasteiger partial charge in [0.1, 0.15) is 6.61 Å². The molecule has 0 saturated heterocycles. The number of amides is 3. The van der Waals surface area contributed by atoms with Crippen molar-refractivity contribution in [2.75, 3.05) is 33.4 Å². The molecule has 0 heterocycles. The number of urea groups is 1. The zero-order valence-corrected chi connectivity index (χ0v) is 19.2. The van der Waals surface area contributed by atoms with Gasteiger partial charge in [-0.05, 0) is 44.1 Å². The average Bonchev–Trinajstić information content (AvgIpc) is 2.83. The molecule has 0 aliphatic heterocycles. The number of ether oxygens (including phenoxy) is 1. The number of hydrogen-bond acceptors (Lipinski definition) is 5. The first-order valence-corrected chi connectivity index (χ1v) is 11.4. The third-order valence-electron chi connectivity index (χ3n) is 5.27. The van der Waals surface area contributed by atoms with Gasteiger partial charge in [-0.3, -0.25) is 9.59 Å². The van der Waals surface area contributed by atoms with E-state index in [2.05, 4.69) is 21.3 Å². The van der Waals surface area contributed by atoms with Crippen molar-refractivity contribution in [1.82, 2.24) is 21.3 Å². The summed E-state index contributed by atoms with van der Waals surface area (Å²) >= 11 is 0. The predicted molar refractivity (Wildman–Crippen MR) is 124 cm³/mol. The Hall–Kier alpha value is -2.87. The Morgan fingerprint density at radius 3 is 2.41 bits per heavy atom. The Kier molecular flexibility index (Phi) is 11.3. The van der Waals surface area contributed by atoms with Crippen LogP contribution in [0.3, 0.4) is 0 Å². The smallest absolute Gasteiger partial charge is 0.314 e. The second kappa shape index (κ2) is 14.2. The average molecular weight is 445 g/mol. The number of Topliss-reactive ketones (excluding diaryl/α,β-unsaturated/α-hetero) is 1. The van der Waals surface area contributed by atoms with E-state index in [1.54, 1.807) is 0 Å². The summed E-state index contributed by atoms with van der Waals surface area (Å²) < 4.78 is 5.35. The number of allylic oxidation sites excluding steroid dienone is 2. The molecule has 0 bridgehead atoms. The summed E-state index contributed by atoms with van der Waals surface area (Å²) in [5.74, 6) is -0.125. The van der Waals surface area contributed by atoms with Crippen molar-refractivity contribution in [2.24, 2.45) is 0 Å². The molecule has 32 heavy (non-hydrogen) atoms. The second-order valence-electron chi connectivity index (χ2n) is 7.81. The molecule has 1 aromatic rings. The zero-order valence-electron chi connectivity index (χ0n) is 19.2. The highest BCUT2D eigenvalue weighted by Crippen LogP contribution is 2.25. The van der Waals surface area contributed by atoms with Gasteiger partial charge >= 0.3 is 6.03 Å². The van der Waals surface area contributed by atoms with Crippen LogP contribution in [0.5, 0.6) is 0 Å². The zero-order chi connectivity index (χ0) is 23.2. The molecule has 3 amide bonds. The number of nitrogens with one attached hydrogen (secondary N) is 4. The van der Waals surface area contributed by atoms with E-state index in [0.717, 1.165) is 48.9 Å². The van der Waals surface area contributed by atoms with Gasteiger partial charge in [0, 0.05) is 50.1 Å². The molecule has 0 spiro atoms. The Morgan fingerprint density at radius 1 is 0.969 bits per heavy atom. The highest BCUT2D eigenvalue weighted by molar-refractivity contribution is 6.09. The van der Waals surface area contributed by atoms with Gasteiger partial charge in [0.25, 0.3) is 0 Å². The van der Waals surface area contributed by atoms with E-state index < -0.39 is 0 Å².